The fourth-order valence-corrected chi connectivity index (χ4v) is 5.15. The Morgan fingerprint density at radius 3 is 2.85 bits per heavy atom. The number of para-hydroxylation sites is 1. The summed E-state index contributed by atoms with van der Waals surface area (Å²) >= 11 is 6.40. The van der Waals surface area contributed by atoms with E-state index in [1.807, 2.05) is 18.2 Å². The van der Waals surface area contributed by atoms with Gasteiger partial charge in [-0.05, 0) is 43.2 Å². The van der Waals surface area contributed by atoms with Gasteiger partial charge in [0.2, 0.25) is 5.95 Å². The quantitative estimate of drug-likeness (QED) is 0.792. The monoisotopic (exact) mass is 287 g/mol. The molecule has 20 heavy (non-hydrogen) atoms. The number of anilines is 1. The van der Waals surface area contributed by atoms with Gasteiger partial charge in [-0.25, -0.2) is 4.98 Å². The van der Waals surface area contributed by atoms with Crippen LogP contribution in [-0.2, 0) is 6.54 Å². The highest BCUT2D eigenvalue weighted by molar-refractivity contribution is 6.35. The average molecular weight is 288 g/mol. The first-order chi connectivity index (χ1) is 9.75. The van der Waals surface area contributed by atoms with Crippen molar-refractivity contribution >= 4 is 28.6 Å². The smallest absolute Gasteiger partial charge is 0.204 e. The number of halogens is 1. The van der Waals surface area contributed by atoms with E-state index >= 15 is 0 Å². The molecule has 1 aromatic carbocycles. The number of hydrogen-bond acceptors (Lipinski definition) is 2. The van der Waals surface area contributed by atoms with Crippen LogP contribution in [-0.4, -0.2) is 15.1 Å². The number of nitrogens with zero attached hydrogens (tertiary/aromatic N) is 2. The van der Waals surface area contributed by atoms with E-state index in [-0.39, 0.29) is 5.54 Å². The second-order valence-electron chi connectivity index (χ2n) is 6.83. The largest absolute Gasteiger partial charge is 0.348 e. The van der Waals surface area contributed by atoms with E-state index in [0.29, 0.717) is 0 Å². The normalized spacial score (nSPS) is 34.6. The summed E-state index contributed by atoms with van der Waals surface area (Å²) < 4.78 is 2.32. The van der Waals surface area contributed by atoms with Crippen LogP contribution in [0.25, 0.3) is 11.0 Å². The summed E-state index contributed by atoms with van der Waals surface area (Å²) in [6.45, 7) is 1.05. The fraction of sp³-hybridized carbons (Fsp3) is 0.562. The lowest BCUT2D eigenvalue weighted by atomic mass is 9.60. The van der Waals surface area contributed by atoms with Crippen LogP contribution in [0.15, 0.2) is 18.2 Å². The molecule has 3 saturated carbocycles. The molecular weight excluding hydrogens is 270 g/mol. The van der Waals surface area contributed by atoms with Gasteiger partial charge in [0.15, 0.2) is 0 Å². The molecule has 1 spiro atoms. The van der Waals surface area contributed by atoms with Crippen LogP contribution >= 0.6 is 11.6 Å². The number of hydrogen-bond donors (Lipinski definition) is 1. The molecule has 1 aromatic heterocycles. The Morgan fingerprint density at radius 2 is 2.10 bits per heavy atom. The molecule has 4 heteroatoms. The van der Waals surface area contributed by atoms with Gasteiger partial charge in [0.25, 0.3) is 0 Å². The Bertz CT molecular complexity index is 699. The number of benzene rings is 1. The van der Waals surface area contributed by atoms with E-state index in [1.165, 1.54) is 32.1 Å². The van der Waals surface area contributed by atoms with Gasteiger partial charge in [-0.2, -0.15) is 0 Å². The average Bonchev–Trinajstić information content (AvgIpc) is 2.94. The molecule has 0 radical (unpaired) electrons. The van der Waals surface area contributed by atoms with Gasteiger partial charge in [-0.15, -0.1) is 0 Å². The van der Waals surface area contributed by atoms with Crippen molar-refractivity contribution in [2.45, 2.75) is 44.2 Å². The zero-order valence-corrected chi connectivity index (χ0v) is 12.2. The second-order valence-corrected chi connectivity index (χ2v) is 7.24. The van der Waals surface area contributed by atoms with Crippen molar-refractivity contribution in [1.82, 2.24) is 9.55 Å². The van der Waals surface area contributed by atoms with Crippen molar-refractivity contribution in [3.8, 4) is 0 Å². The predicted molar refractivity (Wildman–Crippen MR) is 81.2 cm³/mol. The lowest BCUT2D eigenvalue weighted by Gasteiger charge is -2.49. The lowest BCUT2D eigenvalue weighted by Crippen LogP contribution is -2.52. The first kappa shape index (κ1) is 11.4. The van der Waals surface area contributed by atoms with Crippen LogP contribution in [0.5, 0.6) is 0 Å². The van der Waals surface area contributed by atoms with Gasteiger partial charge in [-0.3, -0.25) is 0 Å². The van der Waals surface area contributed by atoms with E-state index in [4.69, 9.17) is 16.6 Å². The third-order valence-corrected chi connectivity index (χ3v) is 6.10. The summed E-state index contributed by atoms with van der Waals surface area (Å²) in [4.78, 5) is 4.75. The van der Waals surface area contributed by atoms with Gasteiger partial charge in [-0.1, -0.05) is 30.5 Å². The number of aromatic nitrogens is 2. The molecule has 1 aliphatic heterocycles. The molecule has 0 unspecified atom stereocenters. The SMILES string of the molecule is Clc1cccc2nc3n(c12)C[C@@]1(CC2CCC1CC2)N3. The fourth-order valence-electron chi connectivity index (χ4n) is 4.88. The van der Waals surface area contributed by atoms with Crippen molar-refractivity contribution < 1.29 is 0 Å². The number of rotatable bonds is 0. The first-order valence-electron chi connectivity index (χ1n) is 7.68. The maximum atomic E-state index is 6.40. The molecule has 2 aromatic rings. The Balaban J connectivity index is 1.63. The molecule has 104 valence electrons. The summed E-state index contributed by atoms with van der Waals surface area (Å²) in [6, 6.07) is 6.00. The van der Waals surface area contributed by atoms with E-state index < -0.39 is 0 Å². The summed E-state index contributed by atoms with van der Waals surface area (Å²) in [6.07, 6.45) is 6.94. The summed E-state index contributed by atoms with van der Waals surface area (Å²) in [5.41, 5.74) is 2.38. The number of fused-ring (bicyclic) bond motifs is 5. The molecule has 0 saturated heterocycles. The minimum Gasteiger partial charge on any atom is -0.348 e. The van der Waals surface area contributed by atoms with Gasteiger partial charge < -0.3 is 9.88 Å². The maximum absolute atomic E-state index is 6.40. The van der Waals surface area contributed by atoms with Crippen LogP contribution in [0.1, 0.15) is 32.1 Å². The minimum absolute atomic E-state index is 0.261. The molecule has 1 N–H and O–H groups in total. The van der Waals surface area contributed by atoms with Gasteiger partial charge in [0.1, 0.15) is 0 Å². The highest BCUT2D eigenvalue weighted by atomic mass is 35.5. The second kappa shape index (κ2) is 3.70. The van der Waals surface area contributed by atoms with Gasteiger partial charge >= 0.3 is 0 Å². The van der Waals surface area contributed by atoms with Gasteiger partial charge in [0.05, 0.1) is 21.6 Å². The molecule has 1 atom stereocenters. The standard InChI is InChI=1S/C16H18ClN3/c17-12-2-1-3-13-14(12)20-9-16(19-15(20)18-13)8-10-4-6-11(16)7-5-10/h1-3,10-11H,4-9H2,(H,18,19)/t10?,11?,16-/m1/s1. The van der Waals surface area contributed by atoms with E-state index in [9.17, 15) is 0 Å². The van der Waals surface area contributed by atoms with Crippen LogP contribution in [0.2, 0.25) is 5.02 Å². The third-order valence-electron chi connectivity index (χ3n) is 5.80. The summed E-state index contributed by atoms with van der Waals surface area (Å²) in [5, 5.41) is 4.61. The third kappa shape index (κ3) is 1.34. The van der Waals surface area contributed by atoms with Crippen LogP contribution in [0, 0.1) is 11.8 Å². The van der Waals surface area contributed by atoms with E-state index in [0.717, 1.165) is 40.4 Å². The summed E-state index contributed by atoms with van der Waals surface area (Å²) in [5.74, 6) is 2.76. The molecular formula is C16H18ClN3. The van der Waals surface area contributed by atoms with Crippen LogP contribution < -0.4 is 5.32 Å². The van der Waals surface area contributed by atoms with Gasteiger partial charge in [0, 0.05) is 6.54 Å². The van der Waals surface area contributed by atoms with E-state index in [1.54, 1.807) is 0 Å². The molecule has 2 bridgehead atoms. The Labute approximate surface area is 123 Å². The van der Waals surface area contributed by atoms with Crippen molar-refractivity contribution in [3.05, 3.63) is 23.2 Å². The lowest BCUT2D eigenvalue weighted by molar-refractivity contribution is 0.0822. The number of imidazole rings is 1. The zero-order chi connectivity index (χ0) is 13.3. The molecule has 3 aliphatic carbocycles. The first-order valence-corrected chi connectivity index (χ1v) is 8.06. The molecule has 3 nitrogen and oxygen atoms in total. The Kier molecular flexibility index (Phi) is 2.12. The molecule has 4 aliphatic rings. The molecule has 0 amide bonds. The molecule has 2 heterocycles. The van der Waals surface area contributed by atoms with Crippen molar-refractivity contribution in [2.24, 2.45) is 11.8 Å². The highest BCUT2D eigenvalue weighted by Gasteiger charge is 2.51. The molecule has 6 rings (SSSR count). The van der Waals surface area contributed by atoms with Crippen LogP contribution in [0.3, 0.4) is 0 Å². The van der Waals surface area contributed by atoms with Crippen LogP contribution in [0.4, 0.5) is 5.95 Å². The summed E-state index contributed by atoms with van der Waals surface area (Å²) in [7, 11) is 0. The van der Waals surface area contributed by atoms with E-state index in [2.05, 4.69) is 9.88 Å². The maximum Gasteiger partial charge on any atom is 0.204 e. The zero-order valence-electron chi connectivity index (χ0n) is 11.4. The highest BCUT2D eigenvalue weighted by Crippen LogP contribution is 2.52. The van der Waals surface area contributed by atoms with Crippen molar-refractivity contribution in [2.75, 3.05) is 5.32 Å². The Morgan fingerprint density at radius 1 is 1.25 bits per heavy atom. The van der Waals surface area contributed by atoms with Crippen molar-refractivity contribution in [1.29, 1.82) is 0 Å². The van der Waals surface area contributed by atoms with Crippen molar-refractivity contribution in [3.63, 3.8) is 0 Å². The molecule has 3 fully saturated rings. The predicted octanol–water partition coefficient (Wildman–Crippen LogP) is 4.06. The number of nitrogens with one attached hydrogen (secondary N) is 1. The Hall–Kier alpha value is -1.22. The minimum atomic E-state index is 0.261. The topological polar surface area (TPSA) is 29.9 Å².